The Morgan fingerprint density at radius 1 is 0.932 bits per heavy atom. The van der Waals surface area contributed by atoms with Crippen molar-refractivity contribution < 1.29 is 38.0 Å². The van der Waals surface area contributed by atoms with E-state index in [0.29, 0.717) is 44.2 Å². The molecule has 9 nitrogen and oxygen atoms in total. The van der Waals surface area contributed by atoms with Crippen LogP contribution in [0.25, 0.3) is 0 Å². The molecule has 1 fully saturated rings. The Kier molecular flexibility index (Phi) is 11.3. The zero-order chi connectivity index (χ0) is 31.9. The van der Waals surface area contributed by atoms with Crippen LogP contribution in [-0.2, 0) is 27.7 Å². The standard InChI is InChI=1S/C33H41FN2O7S/c1-44(42,43)35-20-2-3-23-6-14-28(15-7-23)36-31(26-8-4-24(5-9-26)18-19-33(41,21-37)22-38)29(32(36)40)16-17-30(39)25-10-12-27(34)13-11-25/h4-15,29-31,35,37-39,41H,2-3,16-22H2,1H3/t29-,30?,31-/m1/s1. The topological polar surface area (TPSA) is 147 Å². The fourth-order valence-electron chi connectivity index (χ4n) is 5.53. The highest BCUT2D eigenvalue weighted by atomic mass is 32.2. The van der Waals surface area contributed by atoms with E-state index in [9.17, 15) is 38.0 Å². The molecule has 238 valence electrons. The van der Waals surface area contributed by atoms with Crippen molar-refractivity contribution in [2.24, 2.45) is 5.92 Å². The van der Waals surface area contributed by atoms with Crippen molar-refractivity contribution in [3.05, 3.63) is 101 Å². The molecule has 1 heterocycles. The number of hydrogen-bond acceptors (Lipinski definition) is 7. The smallest absolute Gasteiger partial charge is 0.233 e. The van der Waals surface area contributed by atoms with Crippen LogP contribution < -0.4 is 9.62 Å². The number of benzene rings is 3. The molecule has 1 amide bonds. The quantitative estimate of drug-likeness (QED) is 0.121. The highest BCUT2D eigenvalue weighted by Crippen LogP contribution is 2.46. The van der Waals surface area contributed by atoms with E-state index >= 15 is 0 Å². The van der Waals surface area contributed by atoms with Crippen molar-refractivity contribution >= 4 is 21.6 Å². The van der Waals surface area contributed by atoms with Gasteiger partial charge in [0.2, 0.25) is 15.9 Å². The summed E-state index contributed by atoms with van der Waals surface area (Å²) in [6, 6.07) is 20.7. The fourth-order valence-corrected chi connectivity index (χ4v) is 6.04. The average Bonchev–Trinajstić information content (AvgIpc) is 3.01. The van der Waals surface area contributed by atoms with Gasteiger partial charge in [-0.25, -0.2) is 17.5 Å². The zero-order valence-electron chi connectivity index (χ0n) is 24.8. The first-order valence-electron chi connectivity index (χ1n) is 14.8. The maximum Gasteiger partial charge on any atom is 0.233 e. The normalized spacial score (nSPS) is 17.9. The summed E-state index contributed by atoms with van der Waals surface area (Å²) in [5.41, 5.74) is 2.59. The lowest BCUT2D eigenvalue weighted by molar-refractivity contribution is -0.131. The molecule has 0 saturated carbocycles. The van der Waals surface area contributed by atoms with Gasteiger partial charge in [0.1, 0.15) is 11.4 Å². The Morgan fingerprint density at radius 2 is 1.52 bits per heavy atom. The van der Waals surface area contributed by atoms with Crippen molar-refractivity contribution in [2.75, 3.05) is 30.9 Å². The van der Waals surface area contributed by atoms with Crippen LogP contribution in [0.4, 0.5) is 10.1 Å². The molecule has 44 heavy (non-hydrogen) atoms. The second-order valence-corrected chi connectivity index (χ2v) is 13.5. The Balaban J connectivity index is 1.49. The Labute approximate surface area is 258 Å². The minimum Gasteiger partial charge on any atom is -0.393 e. The summed E-state index contributed by atoms with van der Waals surface area (Å²) in [4.78, 5) is 15.3. The molecule has 3 aromatic rings. The Hall–Kier alpha value is -3.19. The molecule has 3 aromatic carbocycles. The van der Waals surface area contributed by atoms with Gasteiger partial charge in [0, 0.05) is 12.2 Å². The number of nitrogens with zero attached hydrogens (tertiary/aromatic N) is 1. The third-order valence-corrected chi connectivity index (χ3v) is 8.96. The first-order chi connectivity index (χ1) is 20.9. The number of amides is 1. The van der Waals surface area contributed by atoms with Crippen LogP contribution >= 0.6 is 0 Å². The minimum atomic E-state index is -3.24. The van der Waals surface area contributed by atoms with E-state index in [-0.39, 0.29) is 30.1 Å². The minimum absolute atomic E-state index is 0.0635. The SMILES string of the molecule is CS(=O)(=O)NCCCc1ccc(N2C(=O)[C@H](CCC(O)c3ccc(F)cc3)[C@H]2c2ccc(CCC(O)(CO)CO)cc2)cc1. The number of aliphatic hydroxyl groups excluding tert-OH is 3. The van der Waals surface area contributed by atoms with Crippen molar-refractivity contribution in [1.82, 2.24) is 4.72 Å². The number of carbonyl (C=O) groups is 1. The monoisotopic (exact) mass is 628 g/mol. The van der Waals surface area contributed by atoms with Gasteiger partial charge < -0.3 is 25.3 Å². The number of carbonyl (C=O) groups excluding carboxylic acids is 1. The number of aliphatic hydroxyl groups is 4. The summed E-state index contributed by atoms with van der Waals surface area (Å²) in [7, 11) is -3.24. The van der Waals surface area contributed by atoms with Crippen LogP contribution in [0.15, 0.2) is 72.8 Å². The molecule has 0 bridgehead atoms. The van der Waals surface area contributed by atoms with Gasteiger partial charge in [-0.1, -0.05) is 48.5 Å². The van der Waals surface area contributed by atoms with E-state index in [1.54, 1.807) is 17.0 Å². The summed E-state index contributed by atoms with van der Waals surface area (Å²) in [5, 5.41) is 39.7. The maximum atomic E-state index is 13.5. The molecule has 1 unspecified atom stereocenters. The van der Waals surface area contributed by atoms with Crippen LogP contribution in [-0.4, -0.2) is 66.4 Å². The third-order valence-electron chi connectivity index (χ3n) is 8.23. The van der Waals surface area contributed by atoms with Crippen molar-refractivity contribution in [3.63, 3.8) is 0 Å². The predicted molar refractivity (Wildman–Crippen MR) is 166 cm³/mol. The van der Waals surface area contributed by atoms with E-state index in [0.717, 1.165) is 28.6 Å². The van der Waals surface area contributed by atoms with Crippen LogP contribution in [0.3, 0.4) is 0 Å². The number of nitrogens with one attached hydrogen (secondary N) is 1. The second-order valence-electron chi connectivity index (χ2n) is 11.6. The molecule has 1 aliphatic rings. The first kappa shape index (κ1) is 33.7. The van der Waals surface area contributed by atoms with E-state index in [1.165, 1.54) is 12.1 Å². The maximum absolute atomic E-state index is 13.5. The molecule has 4 rings (SSSR count). The molecule has 0 radical (unpaired) electrons. The van der Waals surface area contributed by atoms with Crippen LogP contribution in [0.2, 0.25) is 0 Å². The van der Waals surface area contributed by atoms with Gasteiger partial charge in [-0.15, -0.1) is 0 Å². The second kappa shape index (κ2) is 14.7. The van der Waals surface area contributed by atoms with Gasteiger partial charge in [0.05, 0.1) is 37.5 Å². The summed E-state index contributed by atoms with van der Waals surface area (Å²) in [6.07, 6.45) is 2.98. The molecule has 1 saturated heterocycles. The molecule has 0 aromatic heterocycles. The van der Waals surface area contributed by atoms with Gasteiger partial charge in [0.15, 0.2) is 0 Å². The molecule has 11 heteroatoms. The van der Waals surface area contributed by atoms with E-state index in [1.807, 2.05) is 48.5 Å². The molecule has 3 atom stereocenters. The molecule has 1 aliphatic heterocycles. The van der Waals surface area contributed by atoms with Crippen molar-refractivity contribution in [1.29, 1.82) is 0 Å². The molecular weight excluding hydrogens is 587 g/mol. The van der Waals surface area contributed by atoms with Gasteiger partial charge in [-0.05, 0) is 85.0 Å². The zero-order valence-corrected chi connectivity index (χ0v) is 25.6. The lowest BCUT2D eigenvalue weighted by Crippen LogP contribution is -2.55. The molecule has 0 aliphatic carbocycles. The van der Waals surface area contributed by atoms with Crippen LogP contribution in [0.1, 0.15) is 60.1 Å². The van der Waals surface area contributed by atoms with Gasteiger partial charge >= 0.3 is 0 Å². The third kappa shape index (κ3) is 8.71. The number of hydrogen-bond donors (Lipinski definition) is 5. The highest BCUT2D eigenvalue weighted by Gasteiger charge is 2.48. The first-order valence-corrected chi connectivity index (χ1v) is 16.7. The van der Waals surface area contributed by atoms with Crippen LogP contribution in [0.5, 0.6) is 0 Å². The van der Waals surface area contributed by atoms with Crippen molar-refractivity contribution in [2.45, 2.75) is 56.3 Å². The number of aryl methyl sites for hydroxylation is 2. The van der Waals surface area contributed by atoms with Gasteiger partial charge in [0.25, 0.3) is 0 Å². The van der Waals surface area contributed by atoms with Gasteiger partial charge in [-0.3, -0.25) is 4.79 Å². The Morgan fingerprint density at radius 3 is 2.11 bits per heavy atom. The highest BCUT2D eigenvalue weighted by molar-refractivity contribution is 7.88. The van der Waals surface area contributed by atoms with E-state index in [2.05, 4.69) is 4.72 Å². The molecular formula is C33H41FN2O7S. The number of anilines is 1. The lowest BCUT2D eigenvalue weighted by atomic mass is 9.78. The number of halogens is 1. The average molecular weight is 629 g/mol. The number of β-lactam (4-membered cyclic amide) rings is 1. The van der Waals surface area contributed by atoms with Crippen LogP contribution in [0, 0.1) is 11.7 Å². The molecule has 0 spiro atoms. The lowest BCUT2D eigenvalue weighted by Gasteiger charge is -2.48. The fraction of sp³-hybridized carbons (Fsp3) is 0.424. The Bertz CT molecular complexity index is 1480. The predicted octanol–water partition coefficient (Wildman–Crippen LogP) is 3.17. The number of rotatable bonds is 16. The largest absolute Gasteiger partial charge is 0.393 e. The summed E-state index contributed by atoms with van der Waals surface area (Å²) in [6.45, 7) is -0.737. The van der Waals surface area contributed by atoms with Gasteiger partial charge in [-0.2, -0.15) is 0 Å². The van der Waals surface area contributed by atoms with Crippen molar-refractivity contribution in [3.8, 4) is 0 Å². The van der Waals surface area contributed by atoms with E-state index < -0.39 is 34.9 Å². The summed E-state index contributed by atoms with van der Waals surface area (Å²) in [5.74, 6) is -0.832. The molecule has 5 N–H and O–H groups in total. The number of sulfonamides is 1. The summed E-state index contributed by atoms with van der Waals surface area (Å²) >= 11 is 0. The van der Waals surface area contributed by atoms with E-state index in [4.69, 9.17) is 0 Å². The summed E-state index contributed by atoms with van der Waals surface area (Å²) < 4.78 is 38.4.